The molecule has 0 rings (SSSR count). The summed E-state index contributed by atoms with van der Waals surface area (Å²) in [5.41, 5.74) is 0. The van der Waals surface area contributed by atoms with Gasteiger partial charge in [-0.2, -0.15) is 0 Å². The van der Waals surface area contributed by atoms with E-state index in [1.165, 1.54) is 244 Å². The van der Waals surface area contributed by atoms with Gasteiger partial charge in [-0.05, 0) is 25.2 Å². The number of carbonyl (C=O) groups excluding carboxylic acids is 3. The maximum absolute atomic E-state index is 12.8. The summed E-state index contributed by atoms with van der Waals surface area (Å²) in [4.78, 5) is 38.1. The van der Waals surface area contributed by atoms with Gasteiger partial charge in [-0.3, -0.25) is 14.4 Å². The highest BCUT2D eigenvalue weighted by Crippen LogP contribution is 2.19. The summed E-state index contributed by atoms with van der Waals surface area (Å²) in [7, 11) is 0. The fourth-order valence-electron chi connectivity index (χ4n) is 9.42. The normalized spacial score (nSPS) is 12.4. The van der Waals surface area contributed by atoms with E-state index < -0.39 is 6.10 Å². The van der Waals surface area contributed by atoms with E-state index in [4.69, 9.17) is 14.2 Å². The van der Waals surface area contributed by atoms with E-state index in [0.717, 1.165) is 63.7 Å². The van der Waals surface area contributed by atoms with Gasteiger partial charge in [0, 0.05) is 19.3 Å². The number of esters is 3. The van der Waals surface area contributed by atoms with Crippen LogP contribution in [-0.4, -0.2) is 37.2 Å². The smallest absolute Gasteiger partial charge is 0.306 e. The van der Waals surface area contributed by atoms with Crippen LogP contribution < -0.4 is 0 Å². The lowest BCUT2D eigenvalue weighted by atomic mass is 9.99. The predicted molar refractivity (Wildman–Crippen MR) is 289 cm³/mol. The molecule has 0 spiro atoms. The number of hydrogen-bond donors (Lipinski definition) is 0. The van der Waals surface area contributed by atoms with Crippen molar-refractivity contribution in [2.24, 2.45) is 5.92 Å². The quantitative estimate of drug-likeness (QED) is 0.0343. The van der Waals surface area contributed by atoms with Crippen LogP contribution in [0.25, 0.3) is 0 Å². The van der Waals surface area contributed by atoms with Crippen molar-refractivity contribution in [2.75, 3.05) is 13.2 Å². The average molecular weight is 948 g/mol. The Labute approximate surface area is 418 Å². The second kappa shape index (κ2) is 55.3. The molecule has 0 saturated carbocycles. The molecule has 1 unspecified atom stereocenters. The van der Waals surface area contributed by atoms with Crippen molar-refractivity contribution in [2.45, 2.75) is 355 Å². The van der Waals surface area contributed by atoms with E-state index in [0.29, 0.717) is 19.3 Å². The topological polar surface area (TPSA) is 78.9 Å². The third-order valence-electron chi connectivity index (χ3n) is 14.4. The molecule has 67 heavy (non-hydrogen) atoms. The van der Waals surface area contributed by atoms with Crippen molar-refractivity contribution in [3.63, 3.8) is 0 Å². The minimum Gasteiger partial charge on any atom is -0.462 e. The Kier molecular flexibility index (Phi) is 54.0. The van der Waals surface area contributed by atoms with Crippen LogP contribution in [0.3, 0.4) is 0 Å². The summed E-state index contributed by atoms with van der Waals surface area (Å²) in [5, 5.41) is 0. The molecule has 0 heterocycles. The van der Waals surface area contributed by atoms with Gasteiger partial charge in [0.2, 0.25) is 0 Å². The van der Waals surface area contributed by atoms with Crippen LogP contribution in [0.15, 0.2) is 0 Å². The van der Waals surface area contributed by atoms with Gasteiger partial charge in [-0.15, -0.1) is 0 Å². The second-order valence-corrected chi connectivity index (χ2v) is 21.2. The number of ether oxygens (including phenoxy) is 3. The van der Waals surface area contributed by atoms with Gasteiger partial charge in [0.15, 0.2) is 6.10 Å². The zero-order valence-corrected chi connectivity index (χ0v) is 45.9. The fraction of sp³-hybridized carbons (Fsp3) is 0.951. The van der Waals surface area contributed by atoms with Crippen molar-refractivity contribution >= 4 is 17.9 Å². The van der Waals surface area contributed by atoms with Gasteiger partial charge in [0.1, 0.15) is 13.2 Å². The predicted octanol–water partition coefficient (Wildman–Crippen LogP) is 20.2. The first kappa shape index (κ1) is 65.4. The molecule has 0 aliphatic rings. The van der Waals surface area contributed by atoms with E-state index in [1.807, 2.05) is 0 Å². The largest absolute Gasteiger partial charge is 0.462 e. The number of hydrogen-bond acceptors (Lipinski definition) is 6. The van der Waals surface area contributed by atoms with Crippen molar-refractivity contribution in [3.05, 3.63) is 0 Å². The molecule has 2 atom stereocenters. The van der Waals surface area contributed by atoms with Crippen LogP contribution in [0, 0.1) is 5.92 Å². The first-order chi connectivity index (χ1) is 32.9. The average Bonchev–Trinajstić information content (AvgIpc) is 3.33. The molecule has 6 heteroatoms. The third-order valence-corrected chi connectivity index (χ3v) is 14.4. The molecule has 0 aromatic heterocycles. The molecule has 0 amide bonds. The molecular formula is C61H118O6. The number of unbranched alkanes of at least 4 members (excludes halogenated alkanes) is 42. The Bertz CT molecular complexity index is 1010. The highest BCUT2D eigenvalue weighted by Gasteiger charge is 2.19. The molecule has 0 N–H and O–H groups in total. The molecular weight excluding hydrogens is 829 g/mol. The van der Waals surface area contributed by atoms with Crippen LogP contribution >= 0.6 is 0 Å². The Morgan fingerprint density at radius 3 is 0.776 bits per heavy atom. The van der Waals surface area contributed by atoms with Crippen LogP contribution in [0.5, 0.6) is 0 Å². The van der Waals surface area contributed by atoms with E-state index >= 15 is 0 Å². The van der Waals surface area contributed by atoms with Crippen molar-refractivity contribution in [1.82, 2.24) is 0 Å². The zero-order chi connectivity index (χ0) is 48.8. The zero-order valence-electron chi connectivity index (χ0n) is 45.9. The van der Waals surface area contributed by atoms with Gasteiger partial charge in [0.05, 0.1) is 0 Å². The van der Waals surface area contributed by atoms with Crippen LogP contribution in [0.2, 0.25) is 0 Å². The summed E-state index contributed by atoms with van der Waals surface area (Å²) >= 11 is 0. The molecule has 0 aliphatic carbocycles. The minimum atomic E-state index is -0.761. The van der Waals surface area contributed by atoms with E-state index in [9.17, 15) is 14.4 Å². The Morgan fingerprint density at radius 2 is 0.522 bits per heavy atom. The van der Waals surface area contributed by atoms with Gasteiger partial charge >= 0.3 is 17.9 Å². The van der Waals surface area contributed by atoms with Crippen LogP contribution in [0.1, 0.15) is 349 Å². The van der Waals surface area contributed by atoms with Gasteiger partial charge in [-0.1, -0.05) is 310 Å². The van der Waals surface area contributed by atoms with Crippen LogP contribution in [-0.2, 0) is 28.6 Å². The molecule has 0 bridgehead atoms. The highest BCUT2D eigenvalue weighted by atomic mass is 16.6. The van der Waals surface area contributed by atoms with E-state index in [2.05, 4.69) is 27.7 Å². The molecule has 398 valence electrons. The Morgan fingerprint density at radius 1 is 0.299 bits per heavy atom. The van der Waals surface area contributed by atoms with Gasteiger partial charge in [-0.25, -0.2) is 0 Å². The lowest BCUT2D eigenvalue weighted by molar-refractivity contribution is -0.167. The van der Waals surface area contributed by atoms with E-state index in [1.54, 1.807) is 0 Å². The highest BCUT2D eigenvalue weighted by molar-refractivity contribution is 5.71. The standard InChI is InChI=1S/C61H118O6/c1-5-8-10-12-14-16-17-18-19-20-24-28-31-34-38-42-46-50-54-61(64)67-58(55-65-59(62)52-48-44-40-35-15-13-11-9-6-2)56-66-60(63)53-49-45-41-37-33-30-27-25-22-21-23-26-29-32-36-39-43-47-51-57(4)7-3/h57-58H,5-56H2,1-4H3/t57?,58-/m0/s1. The molecule has 0 fully saturated rings. The van der Waals surface area contributed by atoms with E-state index in [-0.39, 0.29) is 31.1 Å². The summed E-state index contributed by atoms with van der Waals surface area (Å²) in [6.45, 7) is 9.10. The second-order valence-electron chi connectivity index (χ2n) is 21.2. The summed E-state index contributed by atoms with van der Waals surface area (Å²) < 4.78 is 16.9. The monoisotopic (exact) mass is 947 g/mol. The summed E-state index contributed by atoms with van der Waals surface area (Å²) in [6, 6.07) is 0. The lowest BCUT2D eigenvalue weighted by Crippen LogP contribution is -2.30. The number of rotatable bonds is 56. The van der Waals surface area contributed by atoms with Gasteiger partial charge in [0.25, 0.3) is 0 Å². The molecule has 6 nitrogen and oxygen atoms in total. The minimum absolute atomic E-state index is 0.0618. The SMILES string of the molecule is CCCCCCCCCCCCCCCCCCCCC(=O)O[C@@H](COC(=O)CCCCCCCCCCC)COC(=O)CCCCCCCCCCCCCCCCCCCCC(C)CC. The first-order valence-corrected chi connectivity index (χ1v) is 30.4. The fourth-order valence-corrected chi connectivity index (χ4v) is 9.42. The molecule has 0 aromatic rings. The Balaban J connectivity index is 4.16. The molecule has 0 saturated heterocycles. The molecule has 0 aliphatic heterocycles. The van der Waals surface area contributed by atoms with Crippen LogP contribution in [0.4, 0.5) is 0 Å². The maximum Gasteiger partial charge on any atom is 0.306 e. The van der Waals surface area contributed by atoms with Gasteiger partial charge < -0.3 is 14.2 Å². The maximum atomic E-state index is 12.8. The summed E-state index contributed by atoms with van der Waals surface area (Å²) in [6.07, 6.45) is 61.0. The molecule has 0 radical (unpaired) electrons. The van der Waals surface area contributed by atoms with Crippen molar-refractivity contribution < 1.29 is 28.6 Å². The third kappa shape index (κ3) is 53.6. The summed E-state index contributed by atoms with van der Waals surface area (Å²) in [5.74, 6) is 0.0741. The molecule has 0 aromatic carbocycles. The van der Waals surface area contributed by atoms with Crippen molar-refractivity contribution in [1.29, 1.82) is 0 Å². The number of carbonyl (C=O) groups is 3. The lowest BCUT2D eigenvalue weighted by Gasteiger charge is -2.18. The Hall–Kier alpha value is -1.59. The van der Waals surface area contributed by atoms with Crippen molar-refractivity contribution in [3.8, 4) is 0 Å². The first-order valence-electron chi connectivity index (χ1n) is 30.4.